The summed E-state index contributed by atoms with van der Waals surface area (Å²) in [6, 6.07) is 2.06. The van der Waals surface area contributed by atoms with Crippen LogP contribution in [0.25, 0.3) is 0 Å². The van der Waals surface area contributed by atoms with Gasteiger partial charge in [-0.1, -0.05) is 0 Å². The maximum Gasteiger partial charge on any atom is 0.238 e. The van der Waals surface area contributed by atoms with Crippen LogP contribution in [0.3, 0.4) is 0 Å². The zero-order valence-electron chi connectivity index (χ0n) is 11.0. The highest BCUT2D eigenvalue weighted by Crippen LogP contribution is 2.19. The first-order chi connectivity index (χ1) is 9.47. The van der Waals surface area contributed by atoms with Crippen LogP contribution in [0.15, 0.2) is 12.1 Å². The summed E-state index contributed by atoms with van der Waals surface area (Å²) in [5, 5.41) is 5.49. The Kier molecular flexibility index (Phi) is 4.61. The fourth-order valence-corrected chi connectivity index (χ4v) is 2.17. The van der Waals surface area contributed by atoms with Crippen molar-refractivity contribution in [2.24, 2.45) is 0 Å². The lowest BCUT2D eigenvalue weighted by Crippen LogP contribution is -2.51. The maximum absolute atomic E-state index is 13.4. The van der Waals surface area contributed by atoms with Gasteiger partial charge < -0.3 is 10.6 Å². The van der Waals surface area contributed by atoms with Gasteiger partial charge in [0.25, 0.3) is 0 Å². The Bertz CT molecular complexity index is 510. The smallest absolute Gasteiger partial charge is 0.238 e. The predicted octanol–water partition coefficient (Wildman–Crippen LogP) is 1.34. The van der Waals surface area contributed by atoms with E-state index in [9.17, 15) is 18.0 Å². The lowest BCUT2D eigenvalue weighted by atomic mass is 10.2. The molecule has 110 valence electrons. The van der Waals surface area contributed by atoms with Gasteiger partial charge >= 0.3 is 0 Å². The third-order valence-corrected chi connectivity index (χ3v) is 3.13. The van der Waals surface area contributed by atoms with Gasteiger partial charge in [0.2, 0.25) is 5.91 Å². The van der Waals surface area contributed by atoms with Gasteiger partial charge in [0, 0.05) is 25.7 Å². The van der Waals surface area contributed by atoms with Crippen molar-refractivity contribution in [1.29, 1.82) is 0 Å². The van der Waals surface area contributed by atoms with Crippen LogP contribution in [0.2, 0.25) is 0 Å². The number of hydrogen-bond acceptors (Lipinski definition) is 3. The number of nitrogens with zero attached hydrogens (tertiary/aromatic N) is 1. The maximum atomic E-state index is 13.4. The summed E-state index contributed by atoms with van der Waals surface area (Å²) in [6.07, 6.45) is 0. The Morgan fingerprint density at radius 3 is 2.85 bits per heavy atom. The van der Waals surface area contributed by atoms with Gasteiger partial charge in [0.15, 0.2) is 17.5 Å². The molecule has 7 heteroatoms. The molecule has 0 aliphatic carbocycles. The molecule has 2 N–H and O–H groups in total. The van der Waals surface area contributed by atoms with Gasteiger partial charge in [-0.05, 0) is 19.1 Å². The summed E-state index contributed by atoms with van der Waals surface area (Å²) in [4.78, 5) is 13.7. The SMILES string of the molecule is CC1CN(CC(=O)Nc2ccc(F)c(F)c2F)CCN1. The number of piperazine rings is 1. The molecule has 1 aliphatic heterocycles. The highest BCUT2D eigenvalue weighted by molar-refractivity contribution is 5.92. The van der Waals surface area contributed by atoms with E-state index in [0.29, 0.717) is 13.1 Å². The second-order valence-corrected chi connectivity index (χ2v) is 4.86. The van der Waals surface area contributed by atoms with Crippen molar-refractivity contribution < 1.29 is 18.0 Å². The summed E-state index contributed by atoms with van der Waals surface area (Å²) in [7, 11) is 0. The lowest BCUT2D eigenvalue weighted by molar-refractivity contribution is -0.117. The molecule has 1 aliphatic rings. The third-order valence-electron chi connectivity index (χ3n) is 3.13. The van der Waals surface area contributed by atoms with Crippen LogP contribution >= 0.6 is 0 Å². The number of amides is 1. The average molecular weight is 287 g/mol. The number of carbonyl (C=O) groups is 1. The number of rotatable bonds is 3. The molecule has 1 fully saturated rings. The van der Waals surface area contributed by atoms with Crippen LogP contribution in [-0.2, 0) is 4.79 Å². The van der Waals surface area contributed by atoms with Crippen molar-refractivity contribution in [2.75, 3.05) is 31.5 Å². The van der Waals surface area contributed by atoms with Gasteiger partial charge in [0.05, 0.1) is 12.2 Å². The van der Waals surface area contributed by atoms with Crippen LogP contribution in [0.4, 0.5) is 18.9 Å². The number of halogens is 3. The lowest BCUT2D eigenvalue weighted by Gasteiger charge is -2.31. The predicted molar refractivity (Wildman–Crippen MR) is 68.9 cm³/mol. The van der Waals surface area contributed by atoms with Crippen molar-refractivity contribution in [3.8, 4) is 0 Å². The zero-order valence-corrected chi connectivity index (χ0v) is 11.0. The van der Waals surface area contributed by atoms with E-state index in [1.807, 2.05) is 11.8 Å². The second-order valence-electron chi connectivity index (χ2n) is 4.86. The third kappa shape index (κ3) is 3.49. The molecular weight excluding hydrogens is 271 g/mol. The zero-order chi connectivity index (χ0) is 14.7. The minimum Gasteiger partial charge on any atom is -0.322 e. The van der Waals surface area contributed by atoms with E-state index in [2.05, 4.69) is 10.6 Å². The molecule has 1 heterocycles. The van der Waals surface area contributed by atoms with Crippen LogP contribution in [0, 0.1) is 17.5 Å². The van der Waals surface area contributed by atoms with E-state index in [4.69, 9.17) is 0 Å². The van der Waals surface area contributed by atoms with E-state index in [1.165, 1.54) is 0 Å². The first-order valence-corrected chi connectivity index (χ1v) is 6.36. The monoisotopic (exact) mass is 287 g/mol. The van der Waals surface area contributed by atoms with Gasteiger partial charge in [-0.2, -0.15) is 0 Å². The summed E-state index contributed by atoms with van der Waals surface area (Å²) < 4.78 is 39.2. The van der Waals surface area contributed by atoms with E-state index in [1.54, 1.807) is 0 Å². The van der Waals surface area contributed by atoms with Gasteiger partial charge in [-0.25, -0.2) is 13.2 Å². The van der Waals surface area contributed by atoms with E-state index in [0.717, 1.165) is 18.7 Å². The Morgan fingerprint density at radius 1 is 1.40 bits per heavy atom. The largest absolute Gasteiger partial charge is 0.322 e. The van der Waals surface area contributed by atoms with Crippen LogP contribution < -0.4 is 10.6 Å². The number of carbonyl (C=O) groups excluding carboxylic acids is 1. The summed E-state index contributed by atoms with van der Waals surface area (Å²) in [5.74, 6) is -4.70. The average Bonchev–Trinajstić information content (AvgIpc) is 2.39. The van der Waals surface area contributed by atoms with Crippen molar-refractivity contribution in [3.63, 3.8) is 0 Å². The number of hydrogen-bond donors (Lipinski definition) is 2. The molecule has 4 nitrogen and oxygen atoms in total. The number of nitrogens with one attached hydrogen (secondary N) is 2. The van der Waals surface area contributed by atoms with Crippen molar-refractivity contribution >= 4 is 11.6 Å². The molecule has 0 saturated carbocycles. The van der Waals surface area contributed by atoms with E-state index < -0.39 is 23.4 Å². The molecule has 20 heavy (non-hydrogen) atoms. The van der Waals surface area contributed by atoms with Crippen molar-refractivity contribution in [1.82, 2.24) is 10.2 Å². The van der Waals surface area contributed by atoms with Crippen LogP contribution in [-0.4, -0.2) is 43.0 Å². The first kappa shape index (κ1) is 14.8. The Morgan fingerprint density at radius 2 is 2.15 bits per heavy atom. The molecular formula is C13H16F3N3O. The molecule has 1 aromatic carbocycles. The summed E-state index contributed by atoms with van der Waals surface area (Å²) >= 11 is 0. The molecule has 1 atom stereocenters. The van der Waals surface area contributed by atoms with Gasteiger partial charge in [-0.3, -0.25) is 9.69 Å². The Balaban J connectivity index is 1.96. The molecule has 0 spiro atoms. The summed E-state index contributed by atoms with van der Waals surface area (Å²) in [5.41, 5.74) is -0.350. The molecule has 2 rings (SSSR count). The highest BCUT2D eigenvalue weighted by atomic mass is 19.2. The molecule has 0 aromatic heterocycles. The van der Waals surface area contributed by atoms with Crippen LogP contribution in [0.5, 0.6) is 0 Å². The van der Waals surface area contributed by atoms with Gasteiger partial charge in [-0.15, -0.1) is 0 Å². The first-order valence-electron chi connectivity index (χ1n) is 6.36. The topological polar surface area (TPSA) is 44.4 Å². The minimum absolute atomic E-state index is 0.0878. The summed E-state index contributed by atoms with van der Waals surface area (Å²) in [6.45, 7) is 4.27. The molecule has 1 unspecified atom stereocenters. The fourth-order valence-electron chi connectivity index (χ4n) is 2.17. The highest BCUT2D eigenvalue weighted by Gasteiger charge is 2.20. The van der Waals surface area contributed by atoms with Crippen LogP contribution in [0.1, 0.15) is 6.92 Å². The van der Waals surface area contributed by atoms with Gasteiger partial charge in [0.1, 0.15) is 0 Å². The van der Waals surface area contributed by atoms with Crippen molar-refractivity contribution in [2.45, 2.75) is 13.0 Å². The van der Waals surface area contributed by atoms with E-state index in [-0.39, 0.29) is 18.3 Å². The Labute approximate surface area is 114 Å². The standard InChI is InChI=1S/C13H16F3N3O/c1-8-6-19(5-4-17-8)7-11(20)18-10-3-2-9(14)12(15)13(10)16/h2-3,8,17H,4-7H2,1H3,(H,18,20). The number of benzene rings is 1. The molecule has 0 radical (unpaired) electrons. The normalized spacial score (nSPS) is 19.9. The number of anilines is 1. The second kappa shape index (κ2) is 6.23. The molecule has 0 bridgehead atoms. The quantitative estimate of drug-likeness (QED) is 0.825. The molecule has 1 saturated heterocycles. The van der Waals surface area contributed by atoms with Crippen molar-refractivity contribution in [3.05, 3.63) is 29.6 Å². The molecule has 1 amide bonds. The Hall–Kier alpha value is -1.60. The molecule has 1 aromatic rings. The minimum atomic E-state index is -1.58. The van der Waals surface area contributed by atoms with E-state index >= 15 is 0 Å². The fraction of sp³-hybridized carbons (Fsp3) is 0.462.